The van der Waals surface area contributed by atoms with E-state index in [4.69, 9.17) is 18.0 Å². The summed E-state index contributed by atoms with van der Waals surface area (Å²) >= 11 is 5.46. The molecule has 4 rings (SSSR count). The summed E-state index contributed by atoms with van der Waals surface area (Å²) in [6, 6.07) is 0.367. The average Bonchev–Trinajstić information content (AvgIpc) is 3.26. The van der Waals surface area contributed by atoms with Crippen LogP contribution in [0.2, 0.25) is 0 Å². The van der Waals surface area contributed by atoms with E-state index >= 15 is 0 Å². The van der Waals surface area contributed by atoms with E-state index in [1.54, 1.807) is 9.80 Å². The molecule has 0 saturated carbocycles. The molecule has 212 valence electrons. The summed E-state index contributed by atoms with van der Waals surface area (Å²) in [5.74, 6) is -5.50. The Morgan fingerprint density at radius 2 is 1.56 bits per heavy atom. The Morgan fingerprint density at radius 1 is 0.974 bits per heavy atom. The molecule has 0 radical (unpaired) electrons. The molecule has 15 heteroatoms. The number of carbonyl (C=O) groups is 2. The van der Waals surface area contributed by atoms with Crippen LogP contribution in [0.3, 0.4) is 0 Å². The molecule has 2 aromatic rings. The second-order valence-corrected chi connectivity index (χ2v) is 9.99. The third-order valence-corrected chi connectivity index (χ3v) is 7.26. The Hall–Kier alpha value is -3.20. The first-order valence-corrected chi connectivity index (χ1v) is 12.5. The van der Waals surface area contributed by atoms with Crippen molar-refractivity contribution in [3.05, 3.63) is 52.4 Å². The zero-order chi connectivity index (χ0) is 28.6. The van der Waals surface area contributed by atoms with Crippen LogP contribution in [-0.2, 0) is 30.5 Å². The summed E-state index contributed by atoms with van der Waals surface area (Å²) in [5, 5.41) is 0. The molecular weight excluding hydrogens is 550 g/mol. The van der Waals surface area contributed by atoms with Crippen LogP contribution in [0.5, 0.6) is 0 Å². The van der Waals surface area contributed by atoms with Gasteiger partial charge in [-0.15, -0.1) is 0 Å². The minimum atomic E-state index is -4.79. The first kappa shape index (κ1) is 28.8. The summed E-state index contributed by atoms with van der Waals surface area (Å²) in [7, 11) is 0. The molecule has 2 amide bonds. The van der Waals surface area contributed by atoms with Crippen molar-refractivity contribution in [2.24, 2.45) is 5.73 Å². The lowest BCUT2D eigenvalue weighted by molar-refractivity contribution is -0.147. The van der Waals surface area contributed by atoms with Gasteiger partial charge in [-0.25, -0.2) is 18.2 Å². The fraction of sp³-hybridized carbons (Fsp3) is 0.500. The Morgan fingerprint density at radius 3 is 2.18 bits per heavy atom. The highest BCUT2D eigenvalue weighted by Crippen LogP contribution is 2.33. The zero-order valence-corrected chi connectivity index (χ0v) is 21.7. The average molecular weight is 577 g/mol. The van der Waals surface area contributed by atoms with Crippen LogP contribution in [0.25, 0.3) is 0 Å². The van der Waals surface area contributed by atoms with E-state index in [-0.39, 0.29) is 86.5 Å². The van der Waals surface area contributed by atoms with Crippen LogP contribution in [0.4, 0.5) is 26.3 Å². The quantitative estimate of drug-likeness (QED) is 0.335. The molecular formula is C24H26F6N6O2S. The van der Waals surface area contributed by atoms with Gasteiger partial charge in [-0.2, -0.15) is 13.2 Å². The third-order valence-electron chi connectivity index (χ3n) is 6.84. The maximum Gasteiger partial charge on any atom is 0.449 e. The molecule has 1 aromatic heterocycles. The number of rotatable bonds is 5. The van der Waals surface area contributed by atoms with Crippen molar-refractivity contribution in [2.75, 3.05) is 32.7 Å². The molecule has 1 atom stereocenters. The summed E-state index contributed by atoms with van der Waals surface area (Å²) in [4.78, 5) is 33.3. The second-order valence-electron chi connectivity index (χ2n) is 9.52. The Labute approximate surface area is 225 Å². The number of nitrogens with zero attached hydrogens (tertiary/aromatic N) is 5. The van der Waals surface area contributed by atoms with Crippen LogP contribution in [0.15, 0.2) is 12.1 Å². The zero-order valence-electron chi connectivity index (χ0n) is 20.9. The van der Waals surface area contributed by atoms with Crippen molar-refractivity contribution >= 4 is 29.0 Å². The summed E-state index contributed by atoms with van der Waals surface area (Å²) < 4.78 is 83.0. The lowest BCUT2D eigenvalue weighted by Crippen LogP contribution is -2.50. The molecule has 1 saturated heterocycles. The molecule has 39 heavy (non-hydrogen) atoms. The SMILES string of the molecule is CC(=O)N1CCN(C(=O)c2nc(C(F)(F)F)n3c2CN(C(=S)C[C@@H](N)Cc2cc(F)c(F)cc2F)CC3)CC1. The minimum Gasteiger partial charge on any atom is -0.358 e. The molecule has 8 nitrogen and oxygen atoms in total. The van der Waals surface area contributed by atoms with E-state index in [2.05, 4.69) is 4.98 Å². The van der Waals surface area contributed by atoms with Crippen LogP contribution in [-0.4, -0.2) is 79.8 Å². The summed E-state index contributed by atoms with van der Waals surface area (Å²) in [6.07, 6.45) is -4.92. The van der Waals surface area contributed by atoms with E-state index < -0.39 is 41.4 Å². The number of amides is 2. The molecule has 0 aliphatic carbocycles. The highest BCUT2D eigenvalue weighted by Gasteiger charge is 2.42. The van der Waals surface area contributed by atoms with Crippen molar-refractivity contribution in [2.45, 2.75) is 45.1 Å². The number of hydrogen-bond acceptors (Lipinski definition) is 5. The normalized spacial score (nSPS) is 16.8. The van der Waals surface area contributed by atoms with Gasteiger partial charge in [0.15, 0.2) is 17.3 Å². The second kappa shape index (κ2) is 11.1. The monoisotopic (exact) mass is 576 g/mol. The summed E-state index contributed by atoms with van der Waals surface area (Å²) in [5.41, 5.74) is 5.67. The molecule has 0 unspecified atom stereocenters. The molecule has 1 aromatic carbocycles. The van der Waals surface area contributed by atoms with Gasteiger partial charge in [0.25, 0.3) is 5.91 Å². The van der Waals surface area contributed by atoms with Gasteiger partial charge in [0.05, 0.1) is 17.2 Å². The fourth-order valence-corrected chi connectivity index (χ4v) is 5.14. The topological polar surface area (TPSA) is 87.7 Å². The predicted molar refractivity (Wildman–Crippen MR) is 131 cm³/mol. The molecule has 0 spiro atoms. The number of halogens is 6. The van der Waals surface area contributed by atoms with Gasteiger partial charge < -0.3 is 25.0 Å². The van der Waals surface area contributed by atoms with Crippen LogP contribution >= 0.6 is 12.2 Å². The lowest BCUT2D eigenvalue weighted by atomic mass is 10.0. The molecule has 3 heterocycles. The van der Waals surface area contributed by atoms with Gasteiger partial charge in [0, 0.05) is 64.7 Å². The van der Waals surface area contributed by atoms with Crippen LogP contribution < -0.4 is 5.73 Å². The molecule has 2 aliphatic rings. The first-order valence-electron chi connectivity index (χ1n) is 12.1. The smallest absolute Gasteiger partial charge is 0.358 e. The number of nitrogens with two attached hydrogens (primary N) is 1. The number of carbonyl (C=O) groups excluding carboxylic acids is 2. The Kier molecular flexibility index (Phi) is 8.21. The maximum atomic E-state index is 14.0. The Balaban J connectivity index is 1.50. The standard InChI is InChI=1S/C24H26F6N6O2S/c1-13(37)33-2-4-34(5-3-33)22(38)21-19-12-35(6-7-36(19)23(32-21)24(28,29)30)20(39)10-15(31)8-14-9-17(26)18(27)11-16(14)25/h9,11,15H,2-8,10,12,31H2,1H3/t15-/m0/s1. The minimum absolute atomic E-state index is 0.0182. The highest BCUT2D eigenvalue weighted by molar-refractivity contribution is 7.80. The fourth-order valence-electron chi connectivity index (χ4n) is 4.77. The number of alkyl halides is 3. The van der Waals surface area contributed by atoms with E-state index in [0.29, 0.717) is 6.07 Å². The lowest BCUT2D eigenvalue weighted by Gasteiger charge is -2.35. The molecule has 2 aliphatic heterocycles. The summed E-state index contributed by atoms with van der Waals surface area (Å²) in [6.45, 7) is 2.04. The first-order chi connectivity index (χ1) is 18.3. The number of fused-ring (bicyclic) bond motifs is 1. The van der Waals surface area contributed by atoms with Gasteiger partial charge in [-0.1, -0.05) is 12.2 Å². The van der Waals surface area contributed by atoms with Gasteiger partial charge in [0.2, 0.25) is 11.7 Å². The predicted octanol–water partition coefficient (Wildman–Crippen LogP) is 2.73. The van der Waals surface area contributed by atoms with Crippen molar-refractivity contribution in [3.8, 4) is 0 Å². The molecule has 2 N–H and O–H groups in total. The van der Waals surface area contributed by atoms with Crippen molar-refractivity contribution in [1.82, 2.24) is 24.3 Å². The number of benzene rings is 1. The number of piperazine rings is 1. The van der Waals surface area contributed by atoms with Gasteiger partial charge in [-0.05, 0) is 18.1 Å². The van der Waals surface area contributed by atoms with Gasteiger partial charge >= 0.3 is 6.18 Å². The van der Waals surface area contributed by atoms with Gasteiger partial charge in [0.1, 0.15) is 5.82 Å². The third kappa shape index (κ3) is 6.19. The van der Waals surface area contributed by atoms with E-state index in [9.17, 15) is 35.9 Å². The number of hydrogen-bond donors (Lipinski definition) is 1. The maximum absolute atomic E-state index is 14.0. The van der Waals surface area contributed by atoms with Crippen LogP contribution in [0, 0.1) is 17.5 Å². The van der Waals surface area contributed by atoms with Gasteiger partial charge in [-0.3, -0.25) is 9.59 Å². The van der Waals surface area contributed by atoms with Crippen molar-refractivity contribution < 1.29 is 35.9 Å². The van der Waals surface area contributed by atoms with E-state index in [1.165, 1.54) is 11.8 Å². The van der Waals surface area contributed by atoms with Crippen molar-refractivity contribution in [1.29, 1.82) is 0 Å². The highest BCUT2D eigenvalue weighted by atomic mass is 32.1. The van der Waals surface area contributed by atoms with Crippen LogP contribution in [0.1, 0.15) is 40.9 Å². The van der Waals surface area contributed by atoms with Crippen molar-refractivity contribution in [3.63, 3.8) is 0 Å². The number of imidazole rings is 1. The Bertz CT molecular complexity index is 1290. The number of thiocarbonyl (C=S) groups is 1. The largest absolute Gasteiger partial charge is 0.449 e. The molecule has 0 bridgehead atoms. The van der Waals surface area contributed by atoms with E-state index in [0.717, 1.165) is 10.6 Å². The number of aromatic nitrogens is 2. The molecule has 1 fully saturated rings. The van der Waals surface area contributed by atoms with E-state index in [1.807, 2.05) is 0 Å².